The number of hydrogen-bond donors (Lipinski definition) is 7. The predicted molar refractivity (Wildman–Crippen MR) is 139 cm³/mol. The van der Waals surface area contributed by atoms with Crippen LogP contribution in [0.25, 0.3) is 33.3 Å². The van der Waals surface area contributed by atoms with Gasteiger partial charge in [0.1, 0.15) is 5.76 Å². The lowest BCUT2D eigenvalue weighted by molar-refractivity contribution is 0.369. The van der Waals surface area contributed by atoms with Gasteiger partial charge >= 0.3 is 7.12 Å². The van der Waals surface area contributed by atoms with Gasteiger partial charge in [0.25, 0.3) is 0 Å². The van der Waals surface area contributed by atoms with Crippen molar-refractivity contribution in [3.05, 3.63) is 88.9 Å². The van der Waals surface area contributed by atoms with Gasteiger partial charge in [-0.3, -0.25) is 0 Å². The molecule has 1 heterocycles. The van der Waals surface area contributed by atoms with Gasteiger partial charge in [-0.1, -0.05) is 42.5 Å². The number of aromatic nitrogens is 1. The highest BCUT2D eigenvalue weighted by Crippen LogP contribution is 2.49. The first kappa shape index (κ1) is 24.8. The Labute approximate surface area is 207 Å². The molecule has 4 aromatic rings. The maximum absolute atomic E-state index is 10.8. The van der Waals surface area contributed by atoms with Gasteiger partial charge in [0.15, 0.2) is 11.5 Å². The molecule has 3 aromatic carbocycles. The molecule has 36 heavy (non-hydrogen) atoms. The monoisotopic (exact) mass is 487 g/mol. The molecule has 4 rings (SSSR count). The molecule has 0 radical (unpaired) electrons. The second-order valence-electron chi connectivity index (χ2n) is 8.55. The van der Waals surface area contributed by atoms with E-state index in [1.54, 1.807) is 18.4 Å². The average Bonchev–Trinajstić information content (AvgIpc) is 3.19. The largest absolute Gasteiger partial charge is 0.516 e. The molecule has 0 aliphatic heterocycles. The number of fused-ring (bicyclic) bond motifs is 1. The van der Waals surface area contributed by atoms with Gasteiger partial charge < -0.3 is 40.1 Å². The van der Waals surface area contributed by atoms with E-state index in [-0.39, 0.29) is 16.5 Å². The van der Waals surface area contributed by atoms with Crippen LogP contribution in [0.2, 0.25) is 0 Å². The summed E-state index contributed by atoms with van der Waals surface area (Å²) in [5.41, 5.74) is 3.69. The molecule has 0 fully saturated rings. The van der Waals surface area contributed by atoms with Crippen molar-refractivity contribution in [3.8, 4) is 34.1 Å². The standard InChI is InChI=1S/C27H26BNO7/c1-14-21-23(16(3)25(32)27(34)26(21)33)29(22(14)15(2)24(31)20(13-30)28(35)36)19-11-9-18(10-12-19)17-7-5-4-6-8-17/h4-13,30-36H,1-3H3/b20-13-,24-15+. The second-order valence-corrected chi connectivity index (χ2v) is 8.55. The first-order valence-electron chi connectivity index (χ1n) is 11.1. The van der Waals surface area contributed by atoms with Crippen LogP contribution in [0.3, 0.4) is 0 Å². The Morgan fingerprint density at radius 1 is 0.806 bits per heavy atom. The summed E-state index contributed by atoms with van der Waals surface area (Å²) in [4.78, 5) is 0. The zero-order valence-corrected chi connectivity index (χ0v) is 19.9. The fraction of sp³-hybridized carbons (Fsp3) is 0.111. The molecule has 184 valence electrons. The number of phenols is 3. The molecule has 0 bridgehead atoms. The molecule has 1 aromatic heterocycles. The van der Waals surface area contributed by atoms with Crippen LogP contribution in [-0.2, 0) is 0 Å². The van der Waals surface area contributed by atoms with Gasteiger partial charge in [-0.15, -0.1) is 0 Å². The van der Waals surface area contributed by atoms with Crippen molar-refractivity contribution in [2.24, 2.45) is 0 Å². The minimum atomic E-state index is -2.14. The van der Waals surface area contributed by atoms with Crippen LogP contribution >= 0.6 is 0 Å². The van der Waals surface area contributed by atoms with Crippen molar-refractivity contribution in [1.82, 2.24) is 4.57 Å². The number of rotatable bonds is 5. The number of benzene rings is 3. The minimum absolute atomic E-state index is 0.155. The highest BCUT2D eigenvalue weighted by atomic mass is 16.4. The summed E-state index contributed by atoms with van der Waals surface area (Å²) >= 11 is 0. The van der Waals surface area contributed by atoms with E-state index < -0.39 is 35.6 Å². The van der Waals surface area contributed by atoms with E-state index in [1.165, 1.54) is 6.92 Å². The summed E-state index contributed by atoms with van der Waals surface area (Å²) in [6, 6.07) is 17.2. The Bertz CT molecular complexity index is 1520. The molecule has 0 aliphatic rings. The Kier molecular flexibility index (Phi) is 6.45. The number of nitrogens with zero attached hydrogens (tertiary/aromatic N) is 1. The predicted octanol–water partition coefficient (Wildman–Crippen LogP) is 4.77. The van der Waals surface area contributed by atoms with Crippen LogP contribution in [0.4, 0.5) is 0 Å². The normalized spacial score (nSPS) is 12.6. The minimum Gasteiger partial charge on any atom is -0.516 e. The van der Waals surface area contributed by atoms with Gasteiger partial charge in [-0.05, 0) is 49.6 Å². The highest BCUT2D eigenvalue weighted by molar-refractivity contribution is 6.52. The van der Waals surface area contributed by atoms with Crippen LogP contribution in [0.1, 0.15) is 23.7 Å². The molecule has 0 unspecified atom stereocenters. The SMILES string of the molecule is C/C(=C(O)/C(=C/O)B(O)O)c1c(C)c2c(O)c(O)c(O)c(C)c2n1-c1ccc(-c2ccccc2)cc1. The number of aromatic hydroxyl groups is 3. The van der Waals surface area contributed by atoms with E-state index in [9.17, 15) is 35.6 Å². The summed E-state index contributed by atoms with van der Waals surface area (Å²) in [6.07, 6.45) is 0.404. The number of hydrogen-bond acceptors (Lipinski definition) is 7. The van der Waals surface area contributed by atoms with Crippen LogP contribution in [0.5, 0.6) is 17.2 Å². The molecular weight excluding hydrogens is 461 g/mol. The van der Waals surface area contributed by atoms with Crippen LogP contribution < -0.4 is 0 Å². The van der Waals surface area contributed by atoms with E-state index in [0.29, 0.717) is 28.7 Å². The van der Waals surface area contributed by atoms with Gasteiger partial charge in [0, 0.05) is 22.2 Å². The Balaban J connectivity index is 2.09. The first-order valence-corrected chi connectivity index (χ1v) is 11.1. The Morgan fingerprint density at radius 3 is 1.94 bits per heavy atom. The molecule has 0 amide bonds. The topological polar surface area (TPSA) is 147 Å². The zero-order valence-electron chi connectivity index (χ0n) is 19.9. The van der Waals surface area contributed by atoms with E-state index in [0.717, 1.165) is 11.1 Å². The number of aliphatic hydroxyl groups excluding tert-OH is 2. The van der Waals surface area contributed by atoms with E-state index >= 15 is 0 Å². The number of aryl methyl sites for hydroxylation is 2. The summed E-state index contributed by atoms with van der Waals surface area (Å²) in [7, 11) is -2.14. The maximum atomic E-state index is 10.8. The zero-order chi connectivity index (χ0) is 26.3. The van der Waals surface area contributed by atoms with Gasteiger partial charge in [0.05, 0.1) is 22.9 Å². The lowest BCUT2D eigenvalue weighted by Gasteiger charge is -2.16. The van der Waals surface area contributed by atoms with E-state index in [4.69, 9.17) is 0 Å². The molecule has 0 spiro atoms. The fourth-order valence-electron chi connectivity index (χ4n) is 4.57. The molecule has 0 saturated heterocycles. The lowest BCUT2D eigenvalue weighted by atomic mass is 9.77. The van der Waals surface area contributed by atoms with Crippen molar-refractivity contribution in [1.29, 1.82) is 0 Å². The third-order valence-electron chi connectivity index (χ3n) is 6.44. The summed E-state index contributed by atoms with van der Waals surface area (Å²) < 4.78 is 1.69. The fourth-order valence-corrected chi connectivity index (χ4v) is 4.57. The van der Waals surface area contributed by atoms with Gasteiger partial charge in [-0.2, -0.15) is 0 Å². The Morgan fingerprint density at radius 2 is 1.39 bits per heavy atom. The van der Waals surface area contributed by atoms with Crippen LogP contribution in [0, 0.1) is 13.8 Å². The number of allylic oxidation sites excluding steroid dienone is 2. The molecule has 9 heteroatoms. The third-order valence-corrected chi connectivity index (χ3v) is 6.44. The van der Waals surface area contributed by atoms with Gasteiger partial charge in [-0.25, -0.2) is 0 Å². The molecule has 8 nitrogen and oxygen atoms in total. The number of aliphatic hydroxyl groups is 2. The van der Waals surface area contributed by atoms with Crippen molar-refractivity contribution in [2.45, 2.75) is 20.8 Å². The molecule has 0 aliphatic carbocycles. The van der Waals surface area contributed by atoms with Crippen molar-refractivity contribution in [2.75, 3.05) is 0 Å². The van der Waals surface area contributed by atoms with Crippen molar-refractivity contribution in [3.63, 3.8) is 0 Å². The van der Waals surface area contributed by atoms with Crippen LogP contribution in [0.15, 0.2) is 72.1 Å². The molecule has 0 atom stereocenters. The lowest BCUT2D eigenvalue weighted by Crippen LogP contribution is -2.18. The average molecular weight is 487 g/mol. The summed E-state index contributed by atoms with van der Waals surface area (Å²) in [6.45, 7) is 4.77. The quantitative estimate of drug-likeness (QED) is 0.0929. The molecular formula is C27H26BNO7. The van der Waals surface area contributed by atoms with Gasteiger partial charge in [0.2, 0.25) is 5.75 Å². The smallest absolute Gasteiger partial charge is 0.495 e. The van der Waals surface area contributed by atoms with Crippen molar-refractivity contribution < 1.29 is 35.6 Å². The highest BCUT2D eigenvalue weighted by Gasteiger charge is 2.29. The molecule has 0 saturated carbocycles. The number of phenolic OH excluding ortho intramolecular Hbond substituents is 3. The maximum Gasteiger partial charge on any atom is 0.495 e. The molecule has 7 N–H and O–H groups in total. The Hall–Kier alpha value is -4.34. The summed E-state index contributed by atoms with van der Waals surface area (Å²) in [5.74, 6) is -2.26. The van der Waals surface area contributed by atoms with E-state index in [1.807, 2.05) is 54.6 Å². The van der Waals surface area contributed by atoms with E-state index in [2.05, 4.69) is 0 Å². The van der Waals surface area contributed by atoms with Crippen molar-refractivity contribution >= 4 is 23.6 Å². The second kappa shape index (κ2) is 9.37. The van der Waals surface area contributed by atoms with Crippen LogP contribution in [-0.4, -0.2) is 47.3 Å². The third kappa shape index (κ3) is 3.84. The first-order chi connectivity index (χ1) is 17.1. The summed E-state index contributed by atoms with van der Waals surface area (Å²) in [5, 5.41) is 71.3.